The van der Waals surface area contributed by atoms with E-state index in [9.17, 15) is 26.4 Å². The van der Waals surface area contributed by atoms with Crippen molar-refractivity contribution in [2.45, 2.75) is 30.3 Å². The third-order valence-electron chi connectivity index (χ3n) is 6.48. The standard InChI is InChI=1S/C24H22F3N3O3S/c25-24(26,27)16-8-10-17(11-9-16)34(32,33)30-14-12-29(13-15-30)23(31)22-18-4-1-2-6-20(18)28-21-7-3-5-19(21)22/h1-2,4,6,8-11H,3,5,7,12-15H2. The summed E-state index contributed by atoms with van der Waals surface area (Å²) in [4.78, 5) is 19.7. The second-order valence-electron chi connectivity index (χ2n) is 8.50. The van der Waals surface area contributed by atoms with E-state index in [0.29, 0.717) is 5.56 Å². The second kappa shape index (κ2) is 8.35. The van der Waals surface area contributed by atoms with Crippen molar-refractivity contribution in [3.05, 3.63) is 70.9 Å². The number of para-hydroxylation sites is 1. The van der Waals surface area contributed by atoms with Crippen LogP contribution in [0.5, 0.6) is 0 Å². The monoisotopic (exact) mass is 489 g/mol. The Labute approximate surface area is 195 Å². The van der Waals surface area contributed by atoms with Gasteiger partial charge < -0.3 is 4.90 Å². The summed E-state index contributed by atoms with van der Waals surface area (Å²) < 4.78 is 65.6. The number of hydrogen-bond acceptors (Lipinski definition) is 4. The highest BCUT2D eigenvalue weighted by atomic mass is 32.2. The highest BCUT2D eigenvalue weighted by Gasteiger charge is 2.34. The molecule has 1 aliphatic heterocycles. The maximum absolute atomic E-state index is 13.6. The number of aromatic nitrogens is 1. The molecule has 0 N–H and O–H groups in total. The van der Waals surface area contributed by atoms with Gasteiger partial charge in [-0.2, -0.15) is 17.5 Å². The van der Waals surface area contributed by atoms with Crippen molar-refractivity contribution >= 4 is 26.8 Å². The van der Waals surface area contributed by atoms with Crippen LogP contribution in [-0.4, -0.2) is 54.7 Å². The van der Waals surface area contributed by atoms with Gasteiger partial charge in [0, 0.05) is 37.3 Å². The van der Waals surface area contributed by atoms with Crippen LogP contribution in [0, 0.1) is 0 Å². The molecule has 1 amide bonds. The van der Waals surface area contributed by atoms with Crippen LogP contribution in [0.15, 0.2) is 53.4 Å². The van der Waals surface area contributed by atoms with Crippen molar-refractivity contribution in [1.82, 2.24) is 14.2 Å². The zero-order valence-electron chi connectivity index (χ0n) is 18.2. The van der Waals surface area contributed by atoms with Crippen LogP contribution in [0.2, 0.25) is 0 Å². The van der Waals surface area contributed by atoms with Crippen LogP contribution in [0.1, 0.15) is 33.6 Å². The fourth-order valence-electron chi connectivity index (χ4n) is 4.71. The minimum absolute atomic E-state index is 0.0697. The van der Waals surface area contributed by atoms with E-state index in [-0.39, 0.29) is 37.0 Å². The Morgan fingerprint density at radius 1 is 0.912 bits per heavy atom. The maximum atomic E-state index is 13.6. The van der Waals surface area contributed by atoms with Gasteiger partial charge in [-0.1, -0.05) is 18.2 Å². The summed E-state index contributed by atoms with van der Waals surface area (Å²) in [6, 6.07) is 11.0. The number of pyridine rings is 1. The van der Waals surface area contributed by atoms with Crippen LogP contribution in [0.25, 0.3) is 10.9 Å². The summed E-state index contributed by atoms with van der Waals surface area (Å²) in [6.07, 6.45) is -1.97. The van der Waals surface area contributed by atoms with Gasteiger partial charge >= 0.3 is 6.18 Å². The van der Waals surface area contributed by atoms with E-state index in [1.165, 1.54) is 4.31 Å². The lowest BCUT2D eigenvalue weighted by Crippen LogP contribution is -2.50. The Morgan fingerprint density at radius 2 is 1.59 bits per heavy atom. The van der Waals surface area contributed by atoms with E-state index in [4.69, 9.17) is 4.98 Å². The number of rotatable bonds is 3. The molecule has 1 saturated heterocycles. The second-order valence-corrected chi connectivity index (χ2v) is 10.4. The number of benzene rings is 2. The molecule has 1 aromatic heterocycles. The summed E-state index contributed by atoms with van der Waals surface area (Å²) in [7, 11) is -3.96. The molecule has 2 aliphatic rings. The maximum Gasteiger partial charge on any atom is 0.416 e. The number of alkyl halides is 3. The Hall–Kier alpha value is -2.98. The van der Waals surface area contributed by atoms with Crippen molar-refractivity contribution < 1.29 is 26.4 Å². The number of sulfonamides is 1. The van der Waals surface area contributed by atoms with Crippen LogP contribution < -0.4 is 0 Å². The topological polar surface area (TPSA) is 70.6 Å². The number of nitrogens with zero attached hydrogens (tertiary/aromatic N) is 3. The van der Waals surface area contributed by atoms with Gasteiger partial charge in [0.2, 0.25) is 10.0 Å². The Kier molecular flexibility index (Phi) is 5.60. The average molecular weight is 490 g/mol. The van der Waals surface area contributed by atoms with Crippen LogP contribution >= 0.6 is 0 Å². The van der Waals surface area contributed by atoms with Gasteiger partial charge in [0.25, 0.3) is 5.91 Å². The molecule has 10 heteroatoms. The summed E-state index contributed by atoms with van der Waals surface area (Å²) >= 11 is 0. The first-order valence-electron chi connectivity index (χ1n) is 11.0. The average Bonchev–Trinajstić information content (AvgIpc) is 3.30. The van der Waals surface area contributed by atoms with Gasteiger partial charge in [-0.3, -0.25) is 9.78 Å². The molecule has 178 valence electrons. The Bertz CT molecular complexity index is 1360. The van der Waals surface area contributed by atoms with E-state index in [0.717, 1.165) is 65.7 Å². The molecule has 3 aromatic rings. The molecule has 0 spiro atoms. The van der Waals surface area contributed by atoms with Crippen molar-refractivity contribution in [2.75, 3.05) is 26.2 Å². The lowest BCUT2D eigenvalue weighted by Gasteiger charge is -2.34. The van der Waals surface area contributed by atoms with E-state index in [2.05, 4.69) is 0 Å². The molecular weight excluding hydrogens is 467 g/mol. The highest BCUT2D eigenvalue weighted by Crippen LogP contribution is 2.32. The van der Waals surface area contributed by atoms with Gasteiger partial charge in [0.1, 0.15) is 0 Å². The normalized spacial score (nSPS) is 17.2. The van der Waals surface area contributed by atoms with Crippen molar-refractivity contribution in [3.8, 4) is 0 Å². The number of fused-ring (bicyclic) bond motifs is 2. The van der Waals surface area contributed by atoms with Gasteiger partial charge in [0.05, 0.1) is 21.5 Å². The third-order valence-corrected chi connectivity index (χ3v) is 8.39. The van der Waals surface area contributed by atoms with Crippen molar-refractivity contribution in [1.29, 1.82) is 0 Å². The molecule has 0 saturated carbocycles. The smallest absolute Gasteiger partial charge is 0.336 e. The predicted octanol–water partition coefficient (Wildman–Crippen LogP) is 3.89. The molecule has 5 rings (SSSR count). The first-order valence-corrected chi connectivity index (χ1v) is 12.5. The van der Waals surface area contributed by atoms with Crippen LogP contribution in [0.4, 0.5) is 13.2 Å². The van der Waals surface area contributed by atoms with E-state index < -0.39 is 21.8 Å². The fourth-order valence-corrected chi connectivity index (χ4v) is 6.13. The van der Waals surface area contributed by atoms with Gasteiger partial charge in [-0.25, -0.2) is 8.42 Å². The molecule has 1 aliphatic carbocycles. The molecule has 2 aromatic carbocycles. The molecule has 0 unspecified atom stereocenters. The molecule has 34 heavy (non-hydrogen) atoms. The summed E-state index contributed by atoms with van der Waals surface area (Å²) in [5.74, 6) is -0.136. The molecule has 0 bridgehead atoms. The molecular formula is C24H22F3N3O3S. The highest BCUT2D eigenvalue weighted by molar-refractivity contribution is 7.89. The number of hydrogen-bond donors (Lipinski definition) is 0. The molecule has 0 atom stereocenters. The molecule has 1 fully saturated rings. The van der Waals surface area contributed by atoms with E-state index in [1.807, 2.05) is 24.3 Å². The number of halogens is 3. The fraction of sp³-hybridized carbons (Fsp3) is 0.333. The largest absolute Gasteiger partial charge is 0.416 e. The summed E-state index contributed by atoms with van der Waals surface area (Å²) in [5, 5.41) is 0.799. The van der Waals surface area contributed by atoms with Crippen LogP contribution in [-0.2, 0) is 29.0 Å². The lowest BCUT2D eigenvalue weighted by molar-refractivity contribution is -0.137. The minimum atomic E-state index is -4.54. The predicted molar refractivity (Wildman–Crippen MR) is 120 cm³/mol. The number of carbonyl (C=O) groups excluding carboxylic acids is 1. The summed E-state index contributed by atoms with van der Waals surface area (Å²) in [5.41, 5.74) is 2.44. The Morgan fingerprint density at radius 3 is 2.26 bits per heavy atom. The quantitative estimate of drug-likeness (QED) is 0.560. The van der Waals surface area contributed by atoms with Crippen molar-refractivity contribution in [2.24, 2.45) is 0 Å². The number of carbonyl (C=O) groups is 1. The molecule has 2 heterocycles. The zero-order chi connectivity index (χ0) is 24.1. The van der Waals surface area contributed by atoms with Gasteiger partial charge in [-0.15, -0.1) is 0 Å². The Balaban J connectivity index is 1.36. The van der Waals surface area contributed by atoms with E-state index in [1.54, 1.807) is 4.90 Å². The third kappa shape index (κ3) is 3.94. The number of amides is 1. The zero-order valence-corrected chi connectivity index (χ0v) is 19.0. The number of aryl methyl sites for hydroxylation is 1. The van der Waals surface area contributed by atoms with Gasteiger partial charge in [0.15, 0.2) is 0 Å². The summed E-state index contributed by atoms with van der Waals surface area (Å²) in [6.45, 7) is 0.537. The van der Waals surface area contributed by atoms with Crippen LogP contribution in [0.3, 0.4) is 0 Å². The molecule has 0 radical (unpaired) electrons. The molecule has 6 nitrogen and oxygen atoms in total. The first-order chi connectivity index (χ1) is 16.2. The lowest BCUT2D eigenvalue weighted by atomic mass is 10.00. The number of piperazine rings is 1. The van der Waals surface area contributed by atoms with E-state index >= 15 is 0 Å². The SMILES string of the molecule is O=C(c1c2c(nc3ccccc13)CCC2)N1CCN(S(=O)(=O)c2ccc(C(F)(F)F)cc2)CC1. The van der Waals surface area contributed by atoms with Gasteiger partial charge in [-0.05, 0) is 55.2 Å². The minimum Gasteiger partial charge on any atom is -0.336 e. The first kappa shape index (κ1) is 22.8. The van der Waals surface area contributed by atoms with Crippen molar-refractivity contribution in [3.63, 3.8) is 0 Å².